The summed E-state index contributed by atoms with van der Waals surface area (Å²) in [6.07, 6.45) is 0. The zero-order valence-corrected chi connectivity index (χ0v) is 6.18. The Kier molecular flexibility index (Phi) is 3.33. The molecule has 1 N–H and O–H groups in total. The fourth-order valence-electron chi connectivity index (χ4n) is 0.0660. The minimum absolute atomic E-state index is 0.194. The van der Waals surface area contributed by atoms with E-state index in [1.807, 2.05) is 22.6 Å². The van der Waals surface area contributed by atoms with Crippen LogP contribution >= 0.6 is 22.6 Å². The van der Waals surface area contributed by atoms with Crippen molar-refractivity contribution in [1.82, 2.24) is 0 Å². The molecule has 1 unspecified atom stereocenters. The first-order valence-electron chi connectivity index (χ1n) is 1.97. The zero-order chi connectivity index (χ0) is 5.86. The van der Waals surface area contributed by atoms with Crippen molar-refractivity contribution in [3.05, 3.63) is 0 Å². The van der Waals surface area contributed by atoms with Gasteiger partial charge in [0.2, 0.25) is 0 Å². The molecule has 0 radical (unpaired) electrons. The number of rotatable bonds is 2. The largest absolute Gasteiger partial charge is 0.481 e. The van der Waals surface area contributed by atoms with Crippen molar-refractivity contribution in [3.63, 3.8) is 0 Å². The van der Waals surface area contributed by atoms with Gasteiger partial charge in [-0.2, -0.15) is 0 Å². The van der Waals surface area contributed by atoms with Gasteiger partial charge in [-0.15, -0.1) is 0 Å². The van der Waals surface area contributed by atoms with Crippen molar-refractivity contribution in [2.45, 2.75) is 6.92 Å². The minimum atomic E-state index is -0.714. The van der Waals surface area contributed by atoms with Crippen LogP contribution in [0.4, 0.5) is 0 Å². The SMILES string of the molecule is CC(CI)C(=O)O. The molecule has 0 heterocycles. The lowest BCUT2D eigenvalue weighted by Gasteiger charge is -1.95. The first-order chi connectivity index (χ1) is 3.18. The Bertz CT molecular complexity index is 72.1. The number of hydrogen-bond donors (Lipinski definition) is 1. The molecule has 0 saturated heterocycles. The van der Waals surface area contributed by atoms with Crippen molar-refractivity contribution in [1.29, 1.82) is 0 Å². The molecule has 0 rings (SSSR count). The second-order valence-corrected chi connectivity index (χ2v) is 2.27. The Morgan fingerprint density at radius 2 is 2.43 bits per heavy atom. The number of carbonyl (C=O) groups is 1. The topological polar surface area (TPSA) is 37.3 Å². The summed E-state index contributed by atoms with van der Waals surface area (Å²) in [5, 5.41) is 8.18. The zero-order valence-electron chi connectivity index (χ0n) is 4.02. The van der Waals surface area contributed by atoms with Crippen LogP contribution in [0, 0.1) is 5.92 Å². The molecule has 3 heteroatoms. The van der Waals surface area contributed by atoms with Crippen LogP contribution in [0.2, 0.25) is 0 Å². The maximum absolute atomic E-state index is 9.93. The molecular weight excluding hydrogens is 207 g/mol. The third kappa shape index (κ3) is 2.85. The summed E-state index contributed by atoms with van der Waals surface area (Å²) >= 11 is 2.05. The molecule has 42 valence electrons. The first-order valence-corrected chi connectivity index (χ1v) is 3.49. The van der Waals surface area contributed by atoms with Crippen LogP contribution in [-0.4, -0.2) is 15.5 Å². The van der Waals surface area contributed by atoms with E-state index in [4.69, 9.17) is 5.11 Å². The van der Waals surface area contributed by atoms with Crippen LogP contribution < -0.4 is 0 Å². The van der Waals surface area contributed by atoms with Gasteiger partial charge in [0.05, 0.1) is 5.92 Å². The van der Waals surface area contributed by atoms with Gasteiger partial charge in [0.1, 0.15) is 0 Å². The highest BCUT2D eigenvalue weighted by Gasteiger charge is 2.06. The molecule has 7 heavy (non-hydrogen) atoms. The number of aliphatic carboxylic acids is 1. The molecule has 0 aromatic rings. The number of halogens is 1. The summed E-state index contributed by atoms with van der Waals surface area (Å²) in [6, 6.07) is 0. The Hall–Kier alpha value is 0.200. The van der Waals surface area contributed by atoms with Crippen LogP contribution in [0.5, 0.6) is 0 Å². The molecule has 0 fully saturated rings. The summed E-state index contributed by atoms with van der Waals surface area (Å²) in [6.45, 7) is 1.69. The van der Waals surface area contributed by atoms with E-state index in [9.17, 15) is 4.79 Å². The molecule has 1 atom stereocenters. The lowest BCUT2D eigenvalue weighted by molar-refractivity contribution is -0.140. The second-order valence-electron chi connectivity index (χ2n) is 1.39. The lowest BCUT2D eigenvalue weighted by atomic mass is 10.2. The van der Waals surface area contributed by atoms with Crippen LogP contribution in [0.15, 0.2) is 0 Å². The van der Waals surface area contributed by atoms with Gasteiger partial charge in [-0.05, 0) is 0 Å². The monoisotopic (exact) mass is 214 g/mol. The van der Waals surface area contributed by atoms with Gasteiger partial charge in [0.15, 0.2) is 0 Å². The number of alkyl halides is 1. The molecule has 0 amide bonds. The Morgan fingerprint density at radius 3 is 2.43 bits per heavy atom. The second kappa shape index (κ2) is 3.23. The average molecular weight is 214 g/mol. The summed E-state index contributed by atoms with van der Waals surface area (Å²) in [7, 11) is 0. The van der Waals surface area contributed by atoms with Crippen LogP contribution in [0.25, 0.3) is 0 Å². The van der Waals surface area contributed by atoms with Crippen LogP contribution in [0.3, 0.4) is 0 Å². The summed E-state index contributed by atoms with van der Waals surface area (Å²) in [5.74, 6) is -0.907. The van der Waals surface area contributed by atoms with Gasteiger partial charge < -0.3 is 5.11 Å². The highest BCUT2D eigenvalue weighted by atomic mass is 127. The quantitative estimate of drug-likeness (QED) is 0.552. The van der Waals surface area contributed by atoms with Crippen LogP contribution in [-0.2, 0) is 4.79 Å². The lowest BCUT2D eigenvalue weighted by Crippen LogP contribution is -2.09. The molecule has 0 spiro atoms. The highest BCUT2D eigenvalue weighted by Crippen LogP contribution is 1.98. The third-order valence-electron chi connectivity index (χ3n) is 0.653. The predicted molar refractivity (Wildman–Crippen MR) is 35.7 cm³/mol. The van der Waals surface area contributed by atoms with E-state index in [2.05, 4.69) is 0 Å². The Labute approximate surface area is 56.1 Å². The van der Waals surface area contributed by atoms with Gasteiger partial charge >= 0.3 is 5.97 Å². The van der Waals surface area contributed by atoms with Gasteiger partial charge in [0.25, 0.3) is 0 Å². The maximum Gasteiger partial charge on any atom is 0.306 e. The van der Waals surface area contributed by atoms with E-state index in [-0.39, 0.29) is 5.92 Å². The van der Waals surface area contributed by atoms with Gasteiger partial charge in [-0.25, -0.2) is 0 Å². The summed E-state index contributed by atoms with van der Waals surface area (Å²) < 4.78 is 0.688. The fourth-order valence-corrected chi connectivity index (χ4v) is 0.443. The van der Waals surface area contributed by atoms with Gasteiger partial charge in [-0.1, -0.05) is 29.5 Å². The Morgan fingerprint density at radius 1 is 2.00 bits per heavy atom. The minimum Gasteiger partial charge on any atom is -0.481 e. The number of carboxylic acids is 1. The predicted octanol–water partition coefficient (Wildman–Crippen LogP) is 1.14. The van der Waals surface area contributed by atoms with Gasteiger partial charge in [0, 0.05) is 4.43 Å². The van der Waals surface area contributed by atoms with Crippen molar-refractivity contribution in [3.8, 4) is 0 Å². The average Bonchev–Trinajstić information content (AvgIpc) is 1.65. The maximum atomic E-state index is 9.93. The molecule has 0 aromatic heterocycles. The molecule has 0 saturated carbocycles. The van der Waals surface area contributed by atoms with Crippen molar-refractivity contribution >= 4 is 28.6 Å². The summed E-state index contributed by atoms with van der Waals surface area (Å²) in [4.78, 5) is 9.93. The molecular formula is C4H7IO2. The fraction of sp³-hybridized carbons (Fsp3) is 0.750. The molecule has 2 nitrogen and oxygen atoms in total. The number of hydrogen-bond acceptors (Lipinski definition) is 1. The van der Waals surface area contributed by atoms with E-state index in [1.54, 1.807) is 6.92 Å². The summed E-state index contributed by atoms with van der Waals surface area (Å²) in [5.41, 5.74) is 0. The third-order valence-corrected chi connectivity index (χ3v) is 1.97. The van der Waals surface area contributed by atoms with E-state index < -0.39 is 5.97 Å². The van der Waals surface area contributed by atoms with E-state index in [0.29, 0.717) is 4.43 Å². The van der Waals surface area contributed by atoms with Crippen molar-refractivity contribution < 1.29 is 9.90 Å². The van der Waals surface area contributed by atoms with Crippen molar-refractivity contribution in [2.75, 3.05) is 4.43 Å². The normalized spacial score (nSPS) is 13.4. The Balaban J connectivity index is 3.34. The number of carboxylic acid groups (broad SMARTS) is 1. The molecule has 0 aliphatic heterocycles. The van der Waals surface area contributed by atoms with Crippen molar-refractivity contribution in [2.24, 2.45) is 5.92 Å². The smallest absolute Gasteiger partial charge is 0.306 e. The van der Waals surface area contributed by atoms with Crippen LogP contribution in [0.1, 0.15) is 6.92 Å². The molecule has 0 aliphatic carbocycles. The van der Waals surface area contributed by atoms with E-state index in [1.165, 1.54) is 0 Å². The van der Waals surface area contributed by atoms with Gasteiger partial charge in [-0.3, -0.25) is 4.79 Å². The molecule has 0 aromatic carbocycles. The van der Waals surface area contributed by atoms with E-state index >= 15 is 0 Å². The first kappa shape index (κ1) is 7.20. The molecule has 0 aliphatic rings. The standard InChI is InChI=1S/C4H7IO2/c1-3(2-5)4(6)7/h3H,2H2,1H3,(H,6,7). The molecule has 0 bridgehead atoms. The van der Waals surface area contributed by atoms with E-state index in [0.717, 1.165) is 0 Å². The highest BCUT2D eigenvalue weighted by molar-refractivity contribution is 14.1.